The fourth-order valence-electron chi connectivity index (χ4n) is 1.15. The van der Waals surface area contributed by atoms with Gasteiger partial charge >= 0.3 is 12.1 Å². The van der Waals surface area contributed by atoms with Crippen LogP contribution in [0, 0.1) is 0 Å². The van der Waals surface area contributed by atoms with Crippen molar-refractivity contribution in [1.82, 2.24) is 0 Å². The summed E-state index contributed by atoms with van der Waals surface area (Å²) in [5, 5.41) is 0. The molecule has 0 N–H and O–H groups in total. The zero-order chi connectivity index (χ0) is 14.3. The van der Waals surface area contributed by atoms with Crippen LogP contribution in [-0.2, 0) is 14.3 Å². The van der Waals surface area contributed by atoms with Crippen LogP contribution >= 0.6 is 0 Å². The van der Waals surface area contributed by atoms with Gasteiger partial charge in [0.05, 0.1) is 25.4 Å². The molecular formula is C12H15F3O3. The summed E-state index contributed by atoms with van der Waals surface area (Å²) >= 11 is 0. The van der Waals surface area contributed by atoms with Crippen LogP contribution in [0.15, 0.2) is 35.6 Å². The lowest BCUT2D eigenvalue weighted by atomic mass is 10.1. The summed E-state index contributed by atoms with van der Waals surface area (Å²) in [6.07, 6.45) is -2.41. The number of carbonyl (C=O) groups excluding carboxylic acids is 1. The van der Waals surface area contributed by atoms with Crippen molar-refractivity contribution in [2.45, 2.75) is 19.5 Å². The fourth-order valence-corrected chi connectivity index (χ4v) is 1.15. The van der Waals surface area contributed by atoms with Gasteiger partial charge in [-0.25, -0.2) is 4.79 Å². The van der Waals surface area contributed by atoms with Crippen molar-refractivity contribution in [3.8, 4) is 0 Å². The van der Waals surface area contributed by atoms with Crippen molar-refractivity contribution in [1.29, 1.82) is 0 Å². The quantitative estimate of drug-likeness (QED) is 0.331. The number of hydrogen-bond acceptors (Lipinski definition) is 3. The van der Waals surface area contributed by atoms with E-state index < -0.39 is 23.3 Å². The Morgan fingerprint density at radius 2 is 1.83 bits per heavy atom. The first-order valence-corrected chi connectivity index (χ1v) is 5.08. The van der Waals surface area contributed by atoms with E-state index in [4.69, 9.17) is 0 Å². The van der Waals surface area contributed by atoms with Gasteiger partial charge in [-0.05, 0) is 18.6 Å². The van der Waals surface area contributed by atoms with Gasteiger partial charge in [0.2, 0.25) is 0 Å². The minimum atomic E-state index is -4.64. The minimum Gasteiger partial charge on any atom is -0.496 e. The number of halogens is 3. The molecule has 102 valence electrons. The molecule has 0 radical (unpaired) electrons. The maximum absolute atomic E-state index is 12.8. The Kier molecular flexibility index (Phi) is 6.22. The zero-order valence-electron chi connectivity index (χ0n) is 10.4. The third kappa shape index (κ3) is 4.65. The van der Waals surface area contributed by atoms with E-state index >= 15 is 0 Å². The third-order valence-corrected chi connectivity index (χ3v) is 1.95. The van der Waals surface area contributed by atoms with Gasteiger partial charge < -0.3 is 9.47 Å². The standard InChI is InChI=1S/C12H15F3O3/c1-5-6-10(17-3)9(12(13,14)15)7-8(2)11(16)18-4/h6-7H,2,5H2,1,3-4H3. The monoisotopic (exact) mass is 264 g/mol. The molecule has 3 nitrogen and oxygen atoms in total. The normalized spacial score (nSPS) is 13.2. The molecule has 0 aromatic rings. The van der Waals surface area contributed by atoms with Crippen LogP contribution in [0.1, 0.15) is 13.3 Å². The second-order valence-electron chi connectivity index (χ2n) is 3.25. The summed E-state index contributed by atoms with van der Waals surface area (Å²) in [5.41, 5.74) is -1.47. The highest BCUT2D eigenvalue weighted by molar-refractivity contribution is 5.91. The highest BCUT2D eigenvalue weighted by Crippen LogP contribution is 2.32. The van der Waals surface area contributed by atoms with Gasteiger partial charge in [-0.1, -0.05) is 13.5 Å². The number of hydrogen-bond donors (Lipinski definition) is 0. The Morgan fingerprint density at radius 1 is 1.28 bits per heavy atom. The highest BCUT2D eigenvalue weighted by atomic mass is 19.4. The summed E-state index contributed by atoms with van der Waals surface area (Å²) in [6.45, 7) is 4.89. The Morgan fingerprint density at radius 3 is 2.17 bits per heavy atom. The predicted molar refractivity (Wildman–Crippen MR) is 60.7 cm³/mol. The van der Waals surface area contributed by atoms with Crippen LogP contribution in [0.5, 0.6) is 0 Å². The summed E-state index contributed by atoms with van der Waals surface area (Å²) in [4.78, 5) is 11.0. The SMILES string of the molecule is C=C(C=C(C(=CCC)OC)C(F)(F)F)C(=O)OC. The molecule has 0 saturated heterocycles. The number of alkyl halides is 3. The van der Waals surface area contributed by atoms with E-state index in [1.807, 2.05) is 0 Å². The molecule has 0 aromatic heterocycles. The van der Waals surface area contributed by atoms with Crippen molar-refractivity contribution >= 4 is 5.97 Å². The van der Waals surface area contributed by atoms with Crippen molar-refractivity contribution in [2.75, 3.05) is 14.2 Å². The molecule has 0 aliphatic rings. The molecule has 0 spiro atoms. The van der Waals surface area contributed by atoms with E-state index in [-0.39, 0.29) is 5.76 Å². The molecule has 0 fully saturated rings. The molecule has 0 aliphatic carbocycles. The van der Waals surface area contributed by atoms with Crippen molar-refractivity contribution in [2.24, 2.45) is 0 Å². The van der Waals surface area contributed by atoms with Gasteiger partial charge in [0, 0.05) is 0 Å². The van der Waals surface area contributed by atoms with Crippen LogP contribution in [0.2, 0.25) is 0 Å². The number of carbonyl (C=O) groups is 1. The zero-order valence-corrected chi connectivity index (χ0v) is 10.4. The van der Waals surface area contributed by atoms with E-state index in [1.54, 1.807) is 6.92 Å². The molecule has 0 bridgehead atoms. The van der Waals surface area contributed by atoms with Crippen LogP contribution in [0.3, 0.4) is 0 Å². The van der Waals surface area contributed by atoms with Gasteiger partial charge in [0.1, 0.15) is 5.76 Å². The molecule has 0 heterocycles. The second-order valence-corrected chi connectivity index (χ2v) is 3.25. The Labute approximate surface area is 104 Å². The van der Waals surface area contributed by atoms with Crippen LogP contribution in [-0.4, -0.2) is 26.4 Å². The lowest BCUT2D eigenvalue weighted by molar-refractivity contribution is -0.135. The van der Waals surface area contributed by atoms with Crippen molar-refractivity contribution in [3.63, 3.8) is 0 Å². The van der Waals surface area contributed by atoms with Gasteiger partial charge in [-0.3, -0.25) is 0 Å². The molecule has 0 aromatic carbocycles. The third-order valence-electron chi connectivity index (χ3n) is 1.95. The van der Waals surface area contributed by atoms with E-state index in [2.05, 4.69) is 16.1 Å². The summed E-state index contributed by atoms with van der Waals surface area (Å²) in [7, 11) is 2.19. The lowest BCUT2D eigenvalue weighted by Crippen LogP contribution is -2.16. The lowest BCUT2D eigenvalue weighted by Gasteiger charge is -2.14. The van der Waals surface area contributed by atoms with Crippen molar-refractivity contribution < 1.29 is 27.4 Å². The topological polar surface area (TPSA) is 35.5 Å². The molecule has 0 amide bonds. The van der Waals surface area contributed by atoms with Crippen LogP contribution in [0.25, 0.3) is 0 Å². The van der Waals surface area contributed by atoms with Gasteiger partial charge in [-0.2, -0.15) is 13.2 Å². The summed E-state index contributed by atoms with van der Waals surface area (Å²) < 4.78 is 47.4. The summed E-state index contributed by atoms with van der Waals surface area (Å²) in [6, 6.07) is 0. The average Bonchev–Trinajstić information content (AvgIpc) is 2.30. The van der Waals surface area contributed by atoms with Crippen LogP contribution in [0.4, 0.5) is 13.2 Å². The first kappa shape index (κ1) is 16.3. The number of ether oxygens (including phenoxy) is 2. The molecular weight excluding hydrogens is 249 g/mol. The van der Waals surface area contributed by atoms with E-state index in [1.165, 1.54) is 6.08 Å². The molecule has 0 atom stereocenters. The Balaban J connectivity index is 5.51. The van der Waals surface area contributed by atoms with Crippen molar-refractivity contribution in [3.05, 3.63) is 35.6 Å². The molecule has 0 unspecified atom stereocenters. The fraction of sp³-hybridized carbons (Fsp3) is 0.417. The average molecular weight is 264 g/mol. The Bertz CT molecular complexity index is 379. The first-order chi connectivity index (χ1) is 8.27. The van der Waals surface area contributed by atoms with Gasteiger partial charge in [0.15, 0.2) is 0 Å². The maximum Gasteiger partial charge on any atom is 0.419 e. The Hall–Kier alpha value is -1.72. The second kappa shape index (κ2) is 6.88. The van der Waals surface area contributed by atoms with Crippen LogP contribution < -0.4 is 0 Å². The molecule has 0 aliphatic heterocycles. The number of methoxy groups -OCH3 is 2. The molecule has 6 heteroatoms. The minimum absolute atomic E-state index is 0.352. The predicted octanol–water partition coefficient (Wildman–Crippen LogP) is 3.14. The number of esters is 1. The smallest absolute Gasteiger partial charge is 0.419 e. The van der Waals surface area contributed by atoms with Gasteiger partial charge in [-0.15, -0.1) is 0 Å². The summed E-state index contributed by atoms with van der Waals surface area (Å²) in [5.74, 6) is -1.28. The maximum atomic E-state index is 12.8. The van der Waals surface area contributed by atoms with E-state index in [9.17, 15) is 18.0 Å². The number of rotatable bonds is 5. The molecule has 0 rings (SSSR count). The largest absolute Gasteiger partial charge is 0.496 e. The van der Waals surface area contributed by atoms with E-state index in [0.29, 0.717) is 12.5 Å². The number of allylic oxidation sites excluding steroid dienone is 2. The molecule has 0 saturated carbocycles. The van der Waals surface area contributed by atoms with E-state index in [0.717, 1.165) is 14.2 Å². The first-order valence-electron chi connectivity index (χ1n) is 5.08. The highest BCUT2D eigenvalue weighted by Gasteiger charge is 2.37. The van der Waals surface area contributed by atoms with Gasteiger partial charge in [0.25, 0.3) is 0 Å². The molecule has 18 heavy (non-hydrogen) atoms.